The average molecular weight is 423 g/mol. The molecule has 7 heteroatoms. The van der Waals surface area contributed by atoms with Crippen molar-refractivity contribution in [3.8, 4) is 11.5 Å². The van der Waals surface area contributed by atoms with Gasteiger partial charge in [0.25, 0.3) is 5.91 Å². The molecular formula is C23H22N2O4S. The smallest absolute Gasteiger partial charge is 0.280 e. The lowest BCUT2D eigenvalue weighted by atomic mass is 10.0. The van der Waals surface area contributed by atoms with Gasteiger partial charge in [0.1, 0.15) is 5.76 Å². The van der Waals surface area contributed by atoms with E-state index in [1.807, 2.05) is 30.3 Å². The van der Waals surface area contributed by atoms with Gasteiger partial charge in [-0.2, -0.15) is 0 Å². The topological polar surface area (TPSA) is 80.5 Å². The first-order valence-electron chi connectivity index (χ1n) is 10.1. The highest BCUT2D eigenvalue weighted by atomic mass is 32.2. The molecule has 1 aromatic heterocycles. The summed E-state index contributed by atoms with van der Waals surface area (Å²) in [6.07, 6.45) is 4.71. The number of amides is 1. The summed E-state index contributed by atoms with van der Waals surface area (Å²) >= 11 is 0. The summed E-state index contributed by atoms with van der Waals surface area (Å²) in [5.41, 5.74) is 2.84. The number of hydrogen-bond acceptors (Lipinski definition) is 5. The van der Waals surface area contributed by atoms with E-state index >= 15 is 0 Å². The second kappa shape index (κ2) is 7.09. The Kier molecular flexibility index (Phi) is 4.50. The number of anilines is 1. The van der Waals surface area contributed by atoms with E-state index in [2.05, 4.69) is 4.98 Å². The third-order valence-electron chi connectivity index (χ3n) is 5.67. The minimum atomic E-state index is -3.29. The Morgan fingerprint density at radius 2 is 1.90 bits per heavy atom. The fourth-order valence-corrected chi connectivity index (χ4v) is 4.63. The number of carbonyl (C=O) groups excluding carboxylic acids is 1. The zero-order valence-corrected chi connectivity index (χ0v) is 17.5. The molecule has 1 aliphatic heterocycles. The molecule has 2 heterocycles. The van der Waals surface area contributed by atoms with Crippen molar-refractivity contribution in [1.82, 2.24) is 4.98 Å². The molecule has 0 atom stereocenters. The number of hydrogen-bond donors (Lipinski definition) is 0. The first kappa shape index (κ1) is 19.1. The Balaban J connectivity index is 1.54. The lowest BCUT2D eigenvalue weighted by Crippen LogP contribution is -2.36. The highest BCUT2D eigenvalue weighted by molar-refractivity contribution is 7.90. The van der Waals surface area contributed by atoms with Gasteiger partial charge in [-0.25, -0.2) is 13.4 Å². The molecule has 5 rings (SSSR count). The highest BCUT2D eigenvalue weighted by Gasteiger charge is 2.36. The molecule has 154 valence electrons. The van der Waals surface area contributed by atoms with E-state index in [-0.39, 0.29) is 16.7 Å². The van der Waals surface area contributed by atoms with Crippen molar-refractivity contribution < 1.29 is 17.6 Å². The van der Waals surface area contributed by atoms with Gasteiger partial charge >= 0.3 is 0 Å². The minimum absolute atomic E-state index is 0.184. The Hall–Kier alpha value is -2.93. The Morgan fingerprint density at radius 3 is 2.60 bits per heavy atom. The van der Waals surface area contributed by atoms with Crippen molar-refractivity contribution in [3.63, 3.8) is 0 Å². The molecular weight excluding hydrogens is 400 g/mol. The number of aryl methyl sites for hydroxylation is 1. The minimum Gasteiger partial charge on any atom is -0.440 e. The summed E-state index contributed by atoms with van der Waals surface area (Å²) in [4.78, 5) is 20.1. The molecule has 0 unspecified atom stereocenters. The van der Waals surface area contributed by atoms with E-state index in [9.17, 15) is 13.2 Å². The van der Waals surface area contributed by atoms with Crippen molar-refractivity contribution in [2.75, 3.05) is 17.7 Å². The van der Waals surface area contributed by atoms with Crippen LogP contribution in [0.4, 0.5) is 5.69 Å². The molecule has 0 bridgehead atoms. The molecule has 1 fully saturated rings. The zero-order valence-electron chi connectivity index (χ0n) is 16.7. The van der Waals surface area contributed by atoms with Crippen LogP contribution in [-0.2, 0) is 16.3 Å². The zero-order chi connectivity index (χ0) is 20.9. The first-order chi connectivity index (χ1) is 14.4. The lowest BCUT2D eigenvalue weighted by Gasteiger charge is -2.29. The van der Waals surface area contributed by atoms with Crippen LogP contribution in [0.3, 0.4) is 0 Å². The van der Waals surface area contributed by atoms with Gasteiger partial charge in [-0.3, -0.25) is 4.79 Å². The summed E-state index contributed by atoms with van der Waals surface area (Å²) in [6, 6.07) is 14.6. The lowest BCUT2D eigenvalue weighted by molar-refractivity contribution is 0.0979. The van der Waals surface area contributed by atoms with E-state index in [1.165, 1.54) is 6.26 Å². The maximum Gasteiger partial charge on any atom is 0.280 e. The van der Waals surface area contributed by atoms with Gasteiger partial charge in [0, 0.05) is 30.0 Å². The molecule has 2 aliphatic rings. The maximum absolute atomic E-state index is 13.5. The molecule has 6 nitrogen and oxygen atoms in total. The number of carbonyl (C=O) groups is 1. The number of sulfone groups is 1. The van der Waals surface area contributed by atoms with Gasteiger partial charge in [0.05, 0.1) is 4.90 Å². The number of rotatable bonds is 4. The van der Waals surface area contributed by atoms with Crippen molar-refractivity contribution in [1.29, 1.82) is 0 Å². The predicted molar refractivity (Wildman–Crippen MR) is 113 cm³/mol. The van der Waals surface area contributed by atoms with Gasteiger partial charge in [-0.15, -0.1) is 0 Å². The third kappa shape index (κ3) is 3.43. The van der Waals surface area contributed by atoms with Gasteiger partial charge < -0.3 is 9.32 Å². The normalized spacial score (nSPS) is 16.4. The number of benzene rings is 2. The summed E-state index contributed by atoms with van der Waals surface area (Å²) < 4.78 is 29.9. The number of oxazole rings is 1. The van der Waals surface area contributed by atoms with E-state index in [0.29, 0.717) is 23.9 Å². The summed E-state index contributed by atoms with van der Waals surface area (Å²) in [6.45, 7) is 0.571. The second-order valence-electron chi connectivity index (χ2n) is 8.00. The molecule has 30 heavy (non-hydrogen) atoms. The molecule has 0 N–H and O–H groups in total. The fraction of sp³-hybridized carbons (Fsp3) is 0.304. The third-order valence-corrected chi connectivity index (χ3v) is 6.78. The summed E-state index contributed by atoms with van der Waals surface area (Å²) in [5.74, 6) is 1.19. The second-order valence-corrected chi connectivity index (χ2v) is 10.0. The molecule has 0 saturated heterocycles. The Labute approximate surface area is 175 Å². The Morgan fingerprint density at radius 1 is 1.13 bits per heavy atom. The molecule has 1 saturated carbocycles. The molecule has 3 aromatic rings. The van der Waals surface area contributed by atoms with Crippen LogP contribution >= 0.6 is 0 Å². The van der Waals surface area contributed by atoms with Crippen LogP contribution in [0, 0.1) is 0 Å². The molecule has 0 spiro atoms. The van der Waals surface area contributed by atoms with E-state index < -0.39 is 9.84 Å². The van der Waals surface area contributed by atoms with E-state index in [4.69, 9.17) is 4.42 Å². The quantitative estimate of drug-likeness (QED) is 0.629. The van der Waals surface area contributed by atoms with Crippen LogP contribution in [0.15, 0.2) is 57.8 Å². The van der Waals surface area contributed by atoms with Gasteiger partial charge in [0.15, 0.2) is 15.5 Å². The largest absolute Gasteiger partial charge is 0.440 e. The number of fused-ring (bicyclic) bond motifs is 1. The van der Waals surface area contributed by atoms with Gasteiger partial charge in [-0.05, 0) is 61.6 Å². The van der Waals surface area contributed by atoms with Crippen LogP contribution in [-0.4, -0.2) is 32.1 Å². The van der Waals surface area contributed by atoms with Gasteiger partial charge in [-0.1, -0.05) is 18.2 Å². The summed E-state index contributed by atoms with van der Waals surface area (Å²) in [7, 11) is -3.29. The SMILES string of the molecule is CS(=O)(=O)c1ccc2c(c1)CCCN2C(=O)c1nc(-c2ccccc2)oc1C1CC1. The van der Waals surface area contributed by atoms with Crippen LogP contribution < -0.4 is 4.90 Å². The van der Waals surface area contributed by atoms with Crippen molar-refractivity contribution >= 4 is 21.4 Å². The fourth-order valence-electron chi connectivity index (χ4n) is 3.95. The molecule has 0 radical (unpaired) electrons. The van der Waals surface area contributed by atoms with Gasteiger partial charge in [0.2, 0.25) is 5.89 Å². The first-order valence-corrected chi connectivity index (χ1v) is 12.0. The van der Waals surface area contributed by atoms with Crippen molar-refractivity contribution in [3.05, 3.63) is 65.5 Å². The molecule has 2 aromatic carbocycles. The van der Waals surface area contributed by atoms with Crippen LogP contribution in [0.5, 0.6) is 0 Å². The van der Waals surface area contributed by atoms with Crippen LogP contribution in [0.1, 0.15) is 47.0 Å². The molecule has 1 aliphatic carbocycles. The predicted octanol–water partition coefficient (Wildman–Crippen LogP) is 4.22. The van der Waals surface area contributed by atoms with E-state index in [0.717, 1.165) is 42.5 Å². The molecule has 1 amide bonds. The van der Waals surface area contributed by atoms with Crippen LogP contribution in [0.2, 0.25) is 0 Å². The summed E-state index contributed by atoms with van der Waals surface area (Å²) in [5, 5.41) is 0. The Bertz CT molecular complexity index is 1230. The highest BCUT2D eigenvalue weighted by Crippen LogP contribution is 2.44. The van der Waals surface area contributed by atoms with Crippen molar-refractivity contribution in [2.24, 2.45) is 0 Å². The van der Waals surface area contributed by atoms with Crippen molar-refractivity contribution in [2.45, 2.75) is 36.5 Å². The number of nitrogens with zero attached hydrogens (tertiary/aromatic N) is 2. The standard InChI is InChI=1S/C23H22N2O4S/c1-30(27,28)18-11-12-19-17(14-18)8-5-13-25(19)23(26)20-21(15-9-10-15)29-22(24-20)16-6-3-2-4-7-16/h2-4,6-7,11-12,14-15H,5,8-10,13H2,1H3. The van der Waals surface area contributed by atoms with Crippen LogP contribution in [0.25, 0.3) is 11.5 Å². The van der Waals surface area contributed by atoms with E-state index in [1.54, 1.807) is 23.1 Å². The monoisotopic (exact) mass is 422 g/mol. The average Bonchev–Trinajstić information content (AvgIpc) is 3.50. The number of aromatic nitrogens is 1. The maximum atomic E-state index is 13.5.